The molecule has 6 heteroatoms. The summed E-state index contributed by atoms with van der Waals surface area (Å²) in [4.78, 5) is 38.3. The Morgan fingerprint density at radius 1 is 0.259 bits per heavy atom. The fourth-order valence-corrected chi connectivity index (χ4v) is 8.67. The van der Waals surface area contributed by atoms with Gasteiger partial charge >= 0.3 is 17.9 Å². The van der Waals surface area contributed by atoms with Gasteiger partial charge in [0.05, 0.1) is 0 Å². The van der Waals surface area contributed by atoms with Crippen molar-refractivity contribution in [3.63, 3.8) is 0 Å². The zero-order valence-corrected chi connectivity index (χ0v) is 52.2. The van der Waals surface area contributed by atoms with Gasteiger partial charge in [-0.1, -0.05) is 294 Å². The van der Waals surface area contributed by atoms with Crippen molar-refractivity contribution < 1.29 is 28.6 Å². The van der Waals surface area contributed by atoms with Gasteiger partial charge in [0.2, 0.25) is 0 Å². The third-order valence-corrected chi connectivity index (χ3v) is 13.5. The molecule has 0 aliphatic heterocycles. The van der Waals surface area contributed by atoms with Gasteiger partial charge in [0.25, 0.3) is 0 Å². The Morgan fingerprint density at radius 3 is 0.802 bits per heavy atom. The number of hydrogen-bond acceptors (Lipinski definition) is 6. The molecule has 6 nitrogen and oxygen atoms in total. The molecule has 0 radical (unpaired) electrons. The highest BCUT2D eigenvalue weighted by atomic mass is 16.6. The lowest BCUT2D eigenvalue weighted by Gasteiger charge is -2.18. The molecule has 456 valence electrons. The van der Waals surface area contributed by atoms with Crippen LogP contribution in [0.1, 0.15) is 278 Å². The van der Waals surface area contributed by atoms with Gasteiger partial charge < -0.3 is 14.2 Å². The van der Waals surface area contributed by atoms with Crippen molar-refractivity contribution in [1.29, 1.82) is 0 Å². The summed E-state index contributed by atoms with van der Waals surface area (Å²) >= 11 is 0. The van der Waals surface area contributed by atoms with Gasteiger partial charge in [0, 0.05) is 19.3 Å². The summed E-state index contributed by atoms with van der Waals surface area (Å²) in [6.07, 6.45) is 98.3. The molecule has 0 amide bonds. The molecule has 1 unspecified atom stereocenters. The molecule has 0 aliphatic rings. The second-order valence-corrected chi connectivity index (χ2v) is 21.3. The minimum atomic E-state index is -0.826. The van der Waals surface area contributed by atoms with E-state index in [2.05, 4.69) is 179 Å². The number of allylic oxidation sites excluding steroid dienone is 26. The summed E-state index contributed by atoms with van der Waals surface area (Å²) < 4.78 is 16.8. The van der Waals surface area contributed by atoms with Crippen molar-refractivity contribution in [3.05, 3.63) is 158 Å². The number of rotatable bonds is 58. The third-order valence-electron chi connectivity index (χ3n) is 13.5. The number of hydrogen-bond donors (Lipinski definition) is 0. The topological polar surface area (TPSA) is 78.9 Å². The van der Waals surface area contributed by atoms with Crippen LogP contribution >= 0.6 is 0 Å². The normalized spacial score (nSPS) is 13.2. The van der Waals surface area contributed by atoms with Crippen LogP contribution in [-0.4, -0.2) is 37.2 Å². The quantitative estimate of drug-likeness (QED) is 0.0261. The molecule has 0 rings (SSSR count). The average Bonchev–Trinajstić information content (AvgIpc) is 3.47. The summed E-state index contributed by atoms with van der Waals surface area (Å²) in [7, 11) is 0. The van der Waals surface area contributed by atoms with Crippen LogP contribution in [0.25, 0.3) is 0 Å². The van der Waals surface area contributed by atoms with Crippen LogP contribution in [0.4, 0.5) is 0 Å². The number of esters is 3. The predicted molar refractivity (Wildman–Crippen MR) is 352 cm³/mol. The number of ether oxygens (including phenoxy) is 3. The van der Waals surface area contributed by atoms with Crippen molar-refractivity contribution in [3.8, 4) is 0 Å². The monoisotopic (exact) mass is 1120 g/mol. The van der Waals surface area contributed by atoms with Gasteiger partial charge in [0.15, 0.2) is 6.10 Å². The molecule has 0 aromatic heterocycles. The molecule has 0 saturated heterocycles. The summed E-state index contributed by atoms with van der Waals surface area (Å²) in [5.41, 5.74) is 0. The first-order valence-corrected chi connectivity index (χ1v) is 33.0. The highest BCUT2D eigenvalue weighted by Crippen LogP contribution is 2.16. The fraction of sp³-hybridized carbons (Fsp3) is 0.613. The molecule has 0 N–H and O–H groups in total. The third kappa shape index (κ3) is 65.7. The van der Waals surface area contributed by atoms with Gasteiger partial charge in [-0.2, -0.15) is 0 Å². The van der Waals surface area contributed by atoms with E-state index in [0.29, 0.717) is 25.7 Å². The van der Waals surface area contributed by atoms with Crippen LogP contribution in [0.2, 0.25) is 0 Å². The Labute approximate surface area is 499 Å². The molecular weight excluding hydrogens is 997 g/mol. The molecule has 0 aromatic carbocycles. The Morgan fingerprint density at radius 2 is 0.494 bits per heavy atom. The first-order valence-electron chi connectivity index (χ1n) is 33.0. The maximum atomic E-state index is 12.9. The fourth-order valence-electron chi connectivity index (χ4n) is 8.67. The summed E-state index contributed by atoms with van der Waals surface area (Å²) in [5.74, 6) is -1.02. The highest BCUT2D eigenvalue weighted by Gasteiger charge is 2.19. The summed E-state index contributed by atoms with van der Waals surface area (Å²) in [5, 5.41) is 0. The van der Waals surface area contributed by atoms with Crippen LogP contribution < -0.4 is 0 Å². The van der Waals surface area contributed by atoms with Crippen molar-refractivity contribution in [2.75, 3.05) is 13.2 Å². The lowest BCUT2D eigenvalue weighted by atomic mass is 10.0. The van der Waals surface area contributed by atoms with Crippen molar-refractivity contribution in [1.82, 2.24) is 0 Å². The molecule has 0 aromatic rings. The Kier molecular flexibility index (Phi) is 63.4. The zero-order valence-electron chi connectivity index (χ0n) is 52.2. The molecule has 0 aliphatic carbocycles. The first-order chi connectivity index (χ1) is 40.0. The lowest BCUT2D eigenvalue weighted by Crippen LogP contribution is -2.30. The highest BCUT2D eigenvalue weighted by molar-refractivity contribution is 5.71. The molecule has 0 bridgehead atoms. The van der Waals surface area contributed by atoms with E-state index < -0.39 is 6.10 Å². The molecule has 0 heterocycles. The van der Waals surface area contributed by atoms with Gasteiger partial charge in [-0.15, -0.1) is 0 Å². The van der Waals surface area contributed by atoms with Crippen molar-refractivity contribution >= 4 is 17.9 Å². The van der Waals surface area contributed by atoms with E-state index in [-0.39, 0.29) is 37.5 Å². The van der Waals surface area contributed by atoms with Crippen LogP contribution in [-0.2, 0) is 28.6 Å². The Balaban J connectivity index is 4.50. The van der Waals surface area contributed by atoms with Gasteiger partial charge in [0.1, 0.15) is 13.2 Å². The average molecular weight is 1120 g/mol. The minimum absolute atomic E-state index is 0.122. The van der Waals surface area contributed by atoms with E-state index >= 15 is 0 Å². The van der Waals surface area contributed by atoms with E-state index in [1.54, 1.807) is 0 Å². The molecule has 0 spiro atoms. The van der Waals surface area contributed by atoms with Crippen molar-refractivity contribution in [2.24, 2.45) is 0 Å². The van der Waals surface area contributed by atoms with Crippen molar-refractivity contribution in [2.45, 2.75) is 284 Å². The van der Waals surface area contributed by atoms with E-state index in [1.165, 1.54) is 103 Å². The van der Waals surface area contributed by atoms with Crippen LogP contribution in [0.3, 0.4) is 0 Å². The minimum Gasteiger partial charge on any atom is -0.462 e. The van der Waals surface area contributed by atoms with Gasteiger partial charge in [-0.05, 0) is 122 Å². The summed E-state index contributed by atoms with van der Waals surface area (Å²) in [6.45, 7) is 6.34. The van der Waals surface area contributed by atoms with Gasteiger partial charge in [-0.3, -0.25) is 14.4 Å². The number of unbranched alkanes of at least 4 members (excludes halogenated alkanes) is 21. The molecule has 0 saturated carbocycles. The second kappa shape index (κ2) is 67.5. The summed E-state index contributed by atoms with van der Waals surface area (Å²) in [6, 6.07) is 0. The lowest BCUT2D eigenvalue weighted by molar-refractivity contribution is -0.167. The smallest absolute Gasteiger partial charge is 0.306 e. The zero-order chi connectivity index (χ0) is 58.5. The standard InChI is InChI=1S/C75H120O6/c1-4-7-10-13-16-19-22-25-28-30-32-33-34-35-36-37-38-39-40-41-43-44-47-50-53-56-59-62-65-68-74(77)80-71-72(70-79-73(76)67-64-61-58-55-52-49-46-27-24-21-18-15-12-9-6-3)81-75(78)69-66-63-60-57-54-51-48-45-42-31-29-26-23-20-17-14-11-8-5-2/h7,9-10,12,16,18-19,21,25,27-28,32-33,35-36,38-39,41,43,46-47,50,52,55-56,59,72H,4-6,8,11,13-15,17,20,22-24,26,29-31,34,37,40,42,44-45,48-49,51,53-54,57-58,60-71H2,1-3H3/b10-7-,12-9-,19-16-,21-18-,28-25-,33-32-,36-35-,39-38-,43-41-,46-27-,50-47-,55-52-,59-56-. The number of carbonyl (C=O) groups is 3. The molecule has 81 heavy (non-hydrogen) atoms. The predicted octanol–water partition coefficient (Wildman–Crippen LogP) is 22.9. The number of carbonyl (C=O) groups excluding carboxylic acids is 3. The Bertz CT molecular complexity index is 1810. The van der Waals surface area contributed by atoms with Crippen LogP contribution in [0.15, 0.2) is 158 Å². The van der Waals surface area contributed by atoms with E-state index in [4.69, 9.17) is 14.2 Å². The Hall–Kier alpha value is -4.97. The van der Waals surface area contributed by atoms with Crippen LogP contribution in [0.5, 0.6) is 0 Å². The van der Waals surface area contributed by atoms with Crippen LogP contribution in [0, 0.1) is 0 Å². The molecule has 1 atom stereocenters. The largest absolute Gasteiger partial charge is 0.462 e. The van der Waals surface area contributed by atoms with Gasteiger partial charge in [-0.25, -0.2) is 0 Å². The maximum absolute atomic E-state index is 12.9. The van der Waals surface area contributed by atoms with E-state index in [9.17, 15) is 14.4 Å². The maximum Gasteiger partial charge on any atom is 0.306 e. The SMILES string of the molecule is CC/C=C\C/C=C\C/C=C\C/C=C\C/C=C\C/C=C\C/C=C\C/C=C\C/C=C\CCCC(=O)OCC(COC(=O)CCCC/C=C\C/C=C\C/C=C\C/C=C\CC)OC(=O)CCCCCCCCCCCCCCCCCCCCC. The van der Waals surface area contributed by atoms with E-state index in [0.717, 1.165) is 122 Å². The second-order valence-electron chi connectivity index (χ2n) is 21.3. The van der Waals surface area contributed by atoms with E-state index in [1.807, 2.05) is 0 Å². The molecule has 0 fully saturated rings. The first kappa shape index (κ1) is 76.0. The molecular formula is C75H120O6.